The van der Waals surface area contributed by atoms with Crippen molar-refractivity contribution in [2.45, 2.75) is 37.5 Å². The van der Waals surface area contributed by atoms with Gasteiger partial charge in [0.1, 0.15) is 0 Å². The molecule has 0 N–H and O–H groups in total. The Bertz CT molecular complexity index is 1070. The summed E-state index contributed by atoms with van der Waals surface area (Å²) in [6, 6.07) is 17.5. The zero-order chi connectivity index (χ0) is 19.7. The summed E-state index contributed by atoms with van der Waals surface area (Å²) in [6.07, 6.45) is 1.49. The van der Waals surface area contributed by atoms with Crippen molar-refractivity contribution in [1.29, 1.82) is 0 Å². The van der Waals surface area contributed by atoms with E-state index in [-0.39, 0.29) is 5.92 Å². The van der Waals surface area contributed by atoms with Crippen LogP contribution in [0.2, 0.25) is 0 Å². The number of sulfonamides is 1. The summed E-state index contributed by atoms with van der Waals surface area (Å²) in [5, 5.41) is 3.91. The van der Waals surface area contributed by atoms with E-state index >= 15 is 0 Å². The van der Waals surface area contributed by atoms with E-state index in [1.54, 1.807) is 10.4 Å². The maximum absolute atomic E-state index is 13.5. The van der Waals surface area contributed by atoms with Crippen molar-refractivity contribution in [1.82, 2.24) is 9.46 Å². The van der Waals surface area contributed by atoms with Crippen LogP contribution in [0.25, 0.3) is 11.3 Å². The van der Waals surface area contributed by atoms with Gasteiger partial charge >= 0.3 is 0 Å². The van der Waals surface area contributed by atoms with Crippen LogP contribution in [0.15, 0.2) is 64.0 Å². The van der Waals surface area contributed by atoms with Gasteiger partial charge < -0.3 is 4.52 Å². The molecular formula is C22H24N2O3S. The monoisotopic (exact) mass is 396 g/mol. The summed E-state index contributed by atoms with van der Waals surface area (Å²) >= 11 is 0. The van der Waals surface area contributed by atoms with Crippen LogP contribution in [0.5, 0.6) is 0 Å². The topological polar surface area (TPSA) is 63.4 Å². The van der Waals surface area contributed by atoms with Crippen molar-refractivity contribution < 1.29 is 12.9 Å². The molecule has 5 nitrogen and oxygen atoms in total. The first-order valence-corrected chi connectivity index (χ1v) is 11.0. The average Bonchev–Trinajstić information content (AvgIpc) is 3.38. The van der Waals surface area contributed by atoms with E-state index in [1.807, 2.05) is 50.2 Å². The molecule has 1 atom stereocenters. The van der Waals surface area contributed by atoms with E-state index in [1.165, 1.54) is 5.56 Å². The summed E-state index contributed by atoms with van der Waals surface area (Å²) in [5.74, 6) is 0.821. The number of hydrogen-bond acceptors (Lipinski definition) is 4. The summed E-state index contributed by atoms with van der Waals surface area (Å²) in [6.45, 7) is 4.88. The molecule has 1 aliphatic rings. The molecule has 0 saturated carbocycles. The zero-order valence-corrected chi connectivity index (χ0v) is 16.9. The van der Waals surface area contributed by atoms with Crippen LogP contribution in [-0.4, -0.2) is 31.0 Å². The van der Waals surface area contributed by atoms with E-state index < -0.39 is 10.0 Å². The summed E-state index contributed by atoms with van der Waals surface area (Å²) in [5.41, 5.74) is 3.52. The molecule has 6 heteroatoms. The lowest BCUT2D eigenvalue weighted by atomic mass is 9.99. The van der Waals surface area contributed by atoms with E-state index in [2.05, 4.69) is 17.3 Å². The van der Waals surface area contributed by atoms with Gasteiger partial charge in [0.2, 0.25) is 10.0 Å². The standard InChI is InChI=1S/C22H24N2O3S/c1-3-17-9-10-19(21-13-16(2)23-27-21)14-22(17)28(25,26)24-12-11-20(15-24)18-7-5-4-6-8-18/h4-10,13-14,20H,3,11-12,15H2,1-2H3/t20-/m1/s1. The second-order valence-electron chi connectivity index (χ2n) is 7.27. The highest BCUT2D eigenvalue weighted by Crippen LogP contribution is 2.34. The van der Waals surface area contributed by atoms with E-state index in [0.717, 1.165) is 23.2 Å². The summed E-state index contributed by atoms with van der Waals surface area (Å²) in [4.78, 5) is 0.371. The van der Waals surface area contributed by atoms with Crippen LogP contribution >= 0.6 is 0 Å². The van der Waals surface area contributed by atoms with Gasteiger partial charge in [-0.2, -0.15) is 4.31 Å². The molecule has 2 aromatic carbocycles. The molecule has 0 spiro atoms. The maximum Gasteiger partial charge on any atom is 0.243 e. The molecule has 0 bridgehead atoms. The number of nitrogens with zero attached hydrogens (tertiary/aromatic N) is 2. The molecule has 28 heavy (non-hydrogen) atoms. The second kappa shape index (κ2) is 7.53. The Morgan fingerprint density at radius 2 is 1.93 bits per heavy atom. The Hall–Kier alpha value is -2.44. The molecule has 4 rings (SSSR count). The van der Waals surface area contributed by atoms with E-state index in [4.69, 9.17) is 4.52 Å². The van der Waals surface area contributed by atoms with Gasteiger partial charge in [0.05, 0.1) is 10.6 Å². The van der Waals surface area contributed by atoms with Crippen molar-refractivity contribution in [3.63, 3.8) is 0 Å². The smallest absolute Gasteiger partial charge is 0.243 e. The number of hydrogen-bond donors (Lipinski definition) is 0. The van der Waals surface area contributed by atoms with Crippen molar-refractivity contribution in [2.75, 3.05) is 13.1 Å². The third-order valence-electron chi connectivity index (χ3n) is 5.40. The van der Waals surface area contributed by atoms with Gasteiger partial charge in [-0.15, -0.1) is 0 Å². The van der Waals surface area contributed by atoms with Crippen LogP contribution in [0.1, 0.15) is 36.1 Å². The summed E-state index contributed by atoms with van der Waals surface area (Å²) < 4.78 is 33.9. The maximum atomic E-state index is 13.5. The average molecular weight is 397 g/mol. The molecule has 0 aliphatic carbocycles. The SMILES string of the molecule is CCc1ccc(-c2cc(C)no2)cc1S(=O)(=O)N1CC[C@@H](c2ccccc2)C1. The minimum Gasteiger partial charge on any atom is -0.356 e. The Morgan fingerprint density at radius 1 is 1.14 bits per heavy atom. The van der Waals surface area contributed by atoms with Gasteiger partial charge in [-0.3, -0.25) is 0 Å². The normalized spacial score (nSPS) is 17.9. The Kier molecular flexibility index (Phi) is 5.08. The molecule has 3 aromatic rings. The molecule has 0 unspecified atom stereocenters. The summed E-state index contributed by atoms with van der Waals surface area (Å²) in [7, 11) is -3.57. The van der Waals surface area contributed by atoms with Crippen LogP contribution in [0, 0.1) is 6.92 Å². The molecule has 2 heterocycles. The quantitative estimate of drug-likeness (QED) is 0.642. The van der Waals surface area contributed by atoms with Crippen molar-refractivity contribution >= 4 is 10.0 Å². The minimum atomic E-state index is -3.57. The number of benzene rings is 2. The number of aryl methyl sites for hydroxylation is 2. The highest BCUT2D eigenvalue weighted by Gasteiger charge is 2.34. The number of rotatable bonds is 5. The third-order valence-corrected chi connectivity index (χ3v) is 7.35. The first-order chi connectivity index (χ1) is 13.5. The van der Waals surface area contributed by atoms with Crippen molar-refractivity contribution in [3.05, 3.63) is 71.4 Å². The van der Waals surface area contributed by atoms with Gasteiger partial charge in [-0.25, -0.2) is 8.42 Å². The predicted octanol–water partition coefficient (Wildman–Crippen LogP) is 4.39. The van der Waals surface area contributed by atoms with Gasteiger partial charge in [0.15, 0.2) is 5.76 Å². The van der Waals surface area contributed by atoms with Crippen LogP contribution in [0.3, 0.4) is 0 Å². The van der Waals surface area contributed by atoms with Crippen molar-refractivity contribution in [2.24, 2.45) is 0 Å². The number of aromatic nitrogens is 1. The third kappa shape index (κ3) is 3.50. The Labute approximate surface area is 166 Å². The first kappa shape index (κ1) is 18.9. The predicted molar refractivity (Wildman–Crippen MR) is 109 cm³/mol. The van der Waals surface area contributed by atoms with Gasteiger partial charge in [-0.1, -0.05) is 54.5 Å². The molecule has 1 saturated heterocycles. The van der Waals surface area contributed by atoms with Crippen LogP contribution < -0.4 is 0 Å². The largest absolute Gasteiger partial charge is 0.356 e. The fourth-order valence-corrected chi connectivity index (χ4v) is 5.64. The highest BCUT2D eigenvalue weighted by atomic mass is 32.2. The molecule has 0 radical (unpaired) electrons. The first-order valence-electron chi connectivity index (χ1n) is 9.60. The Morgan fingerprint density at radius 3 is 2.61 bits per heavy atom. The lowest BCUT2D eigenvalue weighted by molar-refractivity contribution is 0.427. The van der Waals surface area contributed by atoms with Gasteiger partial charge in [0.25, 0.3) is 0 Å². The van der Waals surface area contributed by atoms with Gasteiger partial charge in [0, 0.05) is 24.7 Å². The van der Waals surface area contributed by atoms with E-state index in [0.29, 0.717) is 30.2 Å². The second-order valence-corrected chi connectivity index (χ2v) is 9.17. The molecule has 1 aliphatic heterocycles. The fourth-order valence-electron chi connectivity index (χ4n) is 3.82. The molecule has 146 valence electrons. The van der Waals surface area contributed by atoms with Crippen molar-refractivity contribution in [3.8, 4) is 11.3 Å². The fraction of sp³-hybridized carbons (Fsp3) is 0.318. The Balaban J connectivity index is 1.67. The zero-order valence-electron chi connectivity index (χ0n) is 16.1. The van der Waals surface area contributed by atoms with Crippen LogP contribution in [0.4, 0.5) is 0 Å². The highest BCUT2D eigenvalue weighted by molar-refractivity contribution is 7.89. The molecule has 1 aromatic heterocycles. The molecule has 0 amide bonds. The molecular weight excluding hydrogens is 372 g/mol. The van der Waals surface area contributed by atoms with Gasteiger partial charge in [-0.05, 0) is 42.9 Å². The molecule has 1 fully saturated rings. The lowest BCUT2D eigenvalue weighted by Gasteiger charge is -2.19. The lowest BCUT2D eigenvalue weighted by Crippen LogP contribution is -2.29. The minimum absolute atomic E-state index is 0.237. The van der Waals surface area contributed by atoms with E-state index in [9.17, 15) is 8.42 Å². The van der Waals surface area contributed by atoms with Crippen LogP contribution in [-0.2, 0) is 16.4 Å².